The monoisotopic (exact) mass is 246 g/mol. The molecule has 4 nitrogen and oxygen atoms in total. The van der Waals surface area contributed by atoms with E-state index in [-0.39, 0.29) is 0 Å². The molecule has 0 bridgehead atoms. The smallest absolute Gasteiger partial charge is 0.156 e. The third kappa shape index (κ3) is 1.65. The Morgan fingerprint density at radius 3 is 2.68 bits per heavy atom. The second kappa shape index (κ2) is 3.88. The van der Waals surface area contributed by atoms with Crippen LogP contribution in [-0.2, 0) is 0 Å². The van der Waals surface area contributed by atoms with Crippen molar-refractivity contribution in [3.8, 4) is 11.4 Å². The van der Waals surface area contributed by atoms with Gasteiger partial charge in [0.25, 0.3) is 0 Å². The highest BCUT2D eigenvalue weighted by Gasteiger charge is 2.06. The lowest BCUT2D eigenvalue weighted by Gasteiger charge is -2.00. The predicted octanol–water partition coefficient (Wildman–Crippen LogP) is 3.17. The Labute approximate surface area is 109 Å². The van der Waals surface area contributed by atoms with Gasteiger partial charge >= 0.3 is 0 Å². The summed E-state index contributed by atoms with van der Waals surface area (Å²) in [5, 5.41) is 1.14. The van der Waals surface area contributed by atoms with E-state index in [1.54, 1.807) is 12.4 Å². The summed E-state index contributed by atoms with van der Waals surface area (Å²) < 4.78 is 0. The summed E-state index contributed by atoms with van der Waals surface area (Å²) in [7, 11) is 0. The summed E-state index contributed by atoms with van der Waals surface area (Å²) in [6, 6.07) is 14.1. The molecule has 19 heavy (non-hydrogen) atoms. The summed E-state index contributed by atoms with van der Waals surface area (Å²) in [6.07, 6.45) is 3.37. The van der Waals surface area contributed by atoms with Gasteiger partial charge in [-0.15, -0.1) is 0 Å². The largest absolute Gasteiger partial charge is 0.337 e. The van der Waals surface area contributed by atoms with Gasteiger partial charge < -0.3 is 4.98 Å². The first-order chi connectivity index (χ1) is 9.40. The quantitative estimate of drug-likeness (QED) is 0.561. The van der Waals surface area contributed by atoms with Crippen LogP contribution in [0.25, 0.3) is 33.5 Å². The van der Waals surface area contributed by atoms with Crippen LogP contribution in [0.3, 0.4) is 0 Å². The Kier molecular flexibility index (Phi) is 2.08. The van der Waals surface area contributed by atoms with Crippen molar-refractivity contribution in [1.82, 2.24) is 19.9 Å². The Morgan fingerprint density at radius 1 is 0.842 bits per heavy atom. The third-order valence-corrected chi connectivity index (χ3v) is 3.14. The molecule has 0 aliphatic rings. The predicted molar refractivity (Wildman–Crippen MR) is 74.6 cm³/mol. The van der Waals surface area contributed by atoms with Crippen molar-refractivity contribution in [2.75, 3.05) is 0 Å². The van der Waals surface area contributed by atoms with Gasteiger partial charge in [0.15, 0.2) is 5.65 Å². The van der Waals surface area contributed by atoms with Crippen molar-refractivity contribution < 1.29 is 0 Å². The fourth-order valence-corrected chi connectivity index (χ4v) is 2.21. The molecule has 0 saturated carbocycles. The minimum atomic E-state index is 0.785. The molecule has 0 unspecified atom stereocenters. The molecule has 0 radical (unpaired) electrons. The van der Waals surface area contributed by atoms with E-state index in [1.165, 1.54) is 0 Å². The number of hydrogen-bond donors (Lipinski definition) is 1. The van der Waals surface area contributed by atoms with Crippen LogP contribution in [0.15, 0.2) is 54.9 Å². The minimum absolute atomic E-state index is 0.785. The molecule has 1 N–H and O–H groups in total. The van der Waals surface area contributed by atoms with Crippen LogP contribution in [-0.4, -0.2) is 19.9 Å². The lowest BCUT2D eigenvalue weighted by molar-refractivity contribution is 1.26. The number of hydrogen-bond acceptors (Lipinski definition) is 3. The van der Waals surface area contributed by atoms with E-state index in [9.17, 15) is 0 Å². The Balaban J connectivity index is 1.93. The number of fused-ring (bicyclic) bond motifs is 2. The molecule has 4 heteroatoms. The fourth-order valence-electron chi connectivity index (χ4n) is 2.21. The molecule has 0 saturated heterocycles. The van der Waals surface area contributed by atoms with Gasteiger partial charge in [0.1, 0.15) is 5.52 Å². The van der Waals surface area contributed by atoms with E-state index in [2.05, 4.69) is 32.1 Å². The molecule has 0 amide bonds. The Morgan fingerprint density at radius 2 is 1.74 bits per heavy atom. The van der Waals surface area contributed by atoms with Crippen LogP contribution in [0.4, 0.5) is 0 Å². The first kappa shape index (κ1) is 10.2. The van der Waals surface area contributed by atoms with Gasteiger partial charge in [-0.05, 0) is 18.2 Å². The molecule has 3 aromatic heterocycles. The van der Waals surface area contributed by atoms with E-state index in [4.69, 9.17) is 0 Å². The Hall–Kier alpha value is -2.75. The standard InChI is InChI=1S/C15H10N4/c1-2-4-11-10(3-1)5-6-12(18-11)13-9-14-15(19-13)17-8-7-16-14/h1-9H,(H,17,19). The van der Waals surface area contributed by atoms with E-state index in [0.717, 1.165) is 33.5 Å². The number of H-pyrrole nitrogens is 1. The van der Waals surface area contributed by atoms with Crippen LogP contribution in [0.2, 0.25) is 0 Å². The van der Waals surface area contributed by atoms with Gasteiger partial charge in [-0.2, -0.15) is 0 Å². The zero-order chi connectivity index (χ0) is 12.7. The topological polar surface area (TPSA) is 54.5 Å². The van der Waals surface area contributed by atoms with Crippen molar-refractivity contribution in [2.45, 2.75) is 0 Å². The number of benzene rings is 1. The highest BCUT2D eigenvalue weighted by Crippen LogP contribution is 2.22. The van der Waals surface area contributed by atoms with Gasteiger partial charge in [-0.1, -0.05) is 24.3 Å². The highest BCUT2D eigenvalue weighted by atomic mass is 14.9. The molecule has 0 aliphatic carbocycles. The van der Waals surface area contributed by atoms with Crippen molar-refractivity contribution in [3.63, 3.8) is 0 Å². The summed E-state index contributed by atoms with van der Waals surface area (Å²) in [4.78, 5) is 16.4. The molecule has 1 aromatic carbocycles. The number of para-hydroxylation sites is 1. The average molecular weight is 246 g/mol. The molecule has 90 valence electrons. The second-order valence-electron chi connectivity index (χ2n) is 4.36. The highest BCUT2D eigenvalue weighted by molar-refractivity contribution is 5.83. The van der Waals surface area contributed by atoms with E-state index < -0.39 is 0 Å². The lowest BCUT2D eigenvalue weighted by Crippen LogP contribution is -1.84. The first-order valence-corrected chi connectivity index (χ1v) is 6.06. The molecular formula is C15H10N4. The number of aromatic nitrogens is 4. The van der Waals surface area contributed by atoms with E-state index >= 15 is 0 Å². The van der Waals surface area contributed by atoms with Gasteiger partial charge in [0.05, 0.1) is 16.9 Å². The average Bonchev–Trinajstić information content (AvgIpc) is 2.90. The number of nitrogens with one attached hydrogen (secondary N) is 1. The zero-order valence-corrected chi connectivity index (χ0v) is 10.0. The first-order valence-electron chi connectivity index (χ1n) is 6.06. The molecule has 3 heterocycles. The van der Waals surface area contributed by atoms with Crippen LogP contribution in [0.1, 0.15) is 0 Å². The maximum atomic E-state index is 4.65. The Bertz CT molecular complexity index is 846. The SMILES string of the molecule is c1ccc2nc(-c3cc4nccnc4[nH]3)ccc2c1. The maximum Gasteiger partial charge on any atom is 0.156 e. The van der Waals surface area contributed by atoms with Crippen LogP contribution < -0.4 is 0 Å². The van der Waals surface area contributed by atoms with E-state index in [0.29, 0.717) is 0 Å². The summed E-state index contributed by atoms with van der Waals surface area (Å²) >= 11 is 0. The molecule has 0 atom stereocenters. The van der Waals surface area contributed by atoms with Crippen molar-refractivity contribution in [3.05, 3.63) is 54.9 Å². The van der Waals surface area contributed by atoms with Crippen LogP contribution >= 0.6 is 0 Å². The summed E-state index contributed by atoms with van der Waals surface area (Å²) in [6.45, 7) is 0. The molecule has 0 fully saturated rings. The summed E-state index contributed by atoms with van der Waals surface area (Å²) in [5.74, 6) is 0. The maximum absolute atomic E-state index is 4.65. The number of pyridine rings is 1. The summed E-state index contributed by atoms with van der Waals surface area (Å²) in [5.41, 5.74) is 4.46. The second-order valence-corrected chi connectivity index (χ2v) is 4.36. The third-order valence-electron chi connectivity index (χ3n) is 3.14. The van der Waals surface area contributed by atoms with Gasteiger partial charge in [0.2, 0.25) is 0 Å². The lowest BCUT2D eigenvalue weighted by atomic mass is 10.2. The van der Waals surface area contributed by atoms with Crippen LogP contribution in [0, 0.1) is 0 Å². The van der Waals surface area contributed by atoms with Crippen LogP contribution in [0.5, 0.6) is 0 Å². The van der Waals surface area contributed by atoms with E-state index in [1.807, 2.05) is 30.3 Å². The molecule has 4 aromatic rings. The number of nitrogens with zero attached hydrogens (tertiary/aromatic N) is 3. The zero-order valence-electron chi connectivity index (χ0n) is 10.0. The van der Waals surface area contributed by atoms with Crippen molar-refractivity contribution in [2.24, 2.45) is 0 Å². The van der Waals surface area contributed by atoms with Gasteiger partial charge in [-0.25, -0.2) is 9.97 Å². The van der Waals surface area contributed by atoms with Gasteiger partial charge in [-0.3, -0.25) is 4.98 Å². The number of rotatable bonds is 1. The molecule has 0 spiro atoms. The molecular weight excluding hydrogens is 236 g/mol. The normalized spacial score (nSPS) is 11.2. The molecule has 0 aliphatic heterocycles. The van der Waals surface area contributed by atoms with Crippen molar-refractivity contribution in [1.29, 1.82) is 0 Å². The fraction of sp³-hybridized carbons (Fsp3) is 0. The van der Waals surface area contributed by atoms with Crippen molar-refractivity contribution >= 4 is 22.1 Å². The van der Waals surface area contributed by atoms with Gasteiger partial charge in [0, 0.05) is 17.8 Å². The number of aromatic amines is 1. The minimum Gasteiger partial charge on any atom is -0.337 e. The molecule has 4 rings (SSSR count).